The minimum absolute atomic E-state index is 0.186. The van der Waals surface area contributed by atoms with Gasteiger partial charge in [-0.1, -0.05) is 18.2 Å². The minimum atomic E-state index is -3.76. The normalized spacial score (nSPS) is 30.8. The molecule has 0 aromatic heterocycles. The molecule has 9 heteroatoms. The molecule has 2 heterocycles. The third-order valence-corrected chi connectivity index (χ3v) is 4.33. The summed E-state index contributed by atoms with van der Waals surface area (Å²) in [5.74, 6) is -1.46. The summed E-state index contributed by atoms with van der Waals surface area (Å²) >= 11 is 0. The molecule has 2 saturated heterocycles. The van der Waals surface area contributed by atoms with E-state index in [-0.39, 0.29) is 6.61 Å². The fourth-order valence-corrected chi connectivity index (χ4v) is 3.45. The summed E-state index contributed by atoms with van der Waals surface area (Å²) in [4.78, 5) is 12.0. The lowest BCUT2D eigenvalue weighted by Gasteiger charge is -2.24. The van der Waals surface area contributed by atoms with E-state index in [1.54, 1.807) is 44.2 Å². The monoisotopic (exact) mass is 372 g/mol. The van der Waals surface area contributed by atoms with E-state index in [2.05, 4.69) is 0 Å². The van der Waals surface area contributed by atoms with Crippen LogP contribution in [0.2, 0.25) is 0 Å². The average molecular weight is 372 g/mol. The van der Waals surface area contributed by atoms with Gasteiger partial charge in [0.05, 0.1) is 11.8 Å². The standard InChI is InChI=1S/C16H20O8S/c1-16(2)22-13-12(24-25(3,18)19)11(21-15(13)23-16)9-20-14(17)10-7-5-4-6-8-10/h4-8,11-13,15H,9H2,1-3H3. The van der Waals surface area contributed by atoms with Gasteiger partial charge in [-0.15, -0.1) is 0 Å². The first-order valence-electron chi connectivity index (χ1n) is 7.76. The van der Waals surface area contributed by atoms with Gasteiger partial charge in [0, 0.05) is 0 Å². The highest BCUT2D eigenvalue weighted by molar-refractivity contribution is 7.86. The van der Waals surface area contributed by atoms with E-state index in [1.165, 1.54) is 0 Å². The molecule has 0 saturated carbocycles. The number of rotatable bonds is 5. The molecule has 4 atom stereocenters. The second kappa shape index (κ2) is 6.65. The maximum atomic E-state index is 12.0. The number of benzene rings is 1. The quantitative estimate of drug-likeness (QED) is 0.559. The molecule has 2 aliphatic rings. The predicted octanol–water partition coefficient (Wildman–Crippen LogP) is 1.06. The third-order valence-electron chi connectivity index (χ3n) is 3.76. The molecular formula is C16H20O8S. The lowest BCUT2D eigenvalue weighted by molar-refractivity contribution is -0.216. The molecular weight excluding hydrogens is 352 g/mol. The van der Waals surface area contributed by atoms with Gasteiger partial charge >= 0.3 is 5.97 Å². The van der Waals surface area contributed by atoms with Gasteiger partial charge in [0.15, 0.2) is 12.1 Å². The predicted molar refractivity (Wildman–Crippen MR) is 85.1 cm³/mol. The molecule has 0 spiro atoms. The maximum Gasteiger partial charge on any atom is 0.338 e. The van der Waals surface area contributed by atoms with Crippen LogP contribution in [0.25, 0.3) is 0 Å². The van der Waals surface area contributed by atoms with E-state index in [0.29, 0.717) is 5.56 Å². The van der Waals surface area contributed by atoms with Crippen molar-refractivity contribution in [1.82, 2.24) is 0 Å². The van der Waals surface area contributed by atoms with Crippen molar-refractivity contribution in [2.24, 2.45) is 0 Å². The van der Waals surface area contributed by atoms with E-state index in [0.717, 1.165) is 6.26 Å². The van der Waals surface area contributed by atoms with Gasteiger partial charge in [0.1, 0.15) is 24.9 Å². The molecule has 0 amide bonds. The summed E-state index contributed by atoms with van der Waals surface area (Å²) in [6.07, 6.45) is -2.37. The first-order valence-corrected chi connectivity index (χ1v) is 9.58. The molecule has 2 aliphatic heterocycles. The van der Waals surface area contributed by atoms with Crippen molar-refractivity contribution in [2.45, 2.75) is 44.2 Å². The molecule has 0 radical (unpaired) electrons. The van der Waals surface area contributed by atoms with Crippen molar-refractivity contribution in [1.29, 1.82) is 0 Å². The summed E-state index contributed by atoms with van der Waals surface area (Å²) in [6, 6.07) is 8.45. The van der Waals surface area contributed by atoms with Crippen molar-refractivity contribution < 1.29 is 36.3 Å². The summed E-state index contributed by atoms with van der Waals surface area (Å²) in [6.45, 7) is 3.20. The number of hydrogen-bond acceptors (Lipinski definition) is 8. The SMILES string of the molecule is CC1(C)OC2OC(COC(=O)c3ccccc3)C(OS(C)(=O)=O)C2O1. The van der Waals surface area contributed by atoms with Crippen molar-refractivity contribution >= 4 is 16.1 Å². The molecule has 0 aliphatic carbocycles. The highest BCUT2D eigenvalue weighted by Crippen LogP contribution is 2.39. The molecule has 3 rings (SSSR count). The number of esters is 1. The molecule has 2 fully saturated rings. The first-order chi connectivity index (χ1) is 11.6. The Bertz CT molecular complexity index is 730. The van der Waals surface area contributed by atoms with Gasteiger partial charge in [-0.2, -0.15) is 8.42 Å². The van der Waals surface area contributed by atoms with Gasteiger partial charge in [0.2, 0.25) is 0 Å². The zero-order valence-corrected chi connectivity index (χ0v) is 14.9. The molecule has 25 heavy (non-hydrogen) atoms. The second-order valence-electron chi connectivity index (χ2n) is 6.37. The van der Waals surface area contributed by atoms with E-state index < -0.39 is 46.5 Å². The zero-order chi connectivity index (χ0) is 18.2. The van der Waals surface area contributed by atoms with Crippen LogP contribution in [-0.4, -0.2) is 57.6 Å². The number of fused-ring (bicyclic) bond motifs is 1. The Morgan fingerprint density at radius 2 is 1.88 bits per heavy atom. The molecule has 0 N–H and O–H groups in total. The van der Waals surface area contributed by atoms with Crippen molar-refractivity contribution in [2.75, 3.05) is 12.9 Å². The Morgan fingerprint density at radius 3 is 2.52 bits per heavy atom. The summed E-state index contributed by atoms with van der Waals surface area (Å²) in [5, 5.41) is 0. The minimum Gasteiger partial charge on any atom is -0.459 e. The number of hydrogen-bond donors (Lipinski definition) is 0. The van der Waals surface area contributed by atoms with Crippen LogP contribution in [0, 0.1) is 0 Å². The number of carbonyl (C=O) groups excluding carboxylic acids is 1. The summed E-state index contributed by atoms with van der Waals surface area (Å²) in [7, 11) is -3.76. The second-order valence-corrected chi connectivity index (χ2v) is 7.97. The van der Waals surface area contributed by atoms with E-state index in [1.807, 2.05) is 0 Å². The highest BCUT2D eigenvalue weighted by atomic mass is 32.2. The van der Waals surface area contributed by atoms with Gasteiger partial charge in [-0.05, 0) is 26.0 Å². The van der Waals surface area contributed by atoms with Gasteiger partial charge < -0.3 is 18.9 Å². The Kier molecular flexibility index (Phi) is 4.86. The van der Waals surface area contributed by atoms with Crippen molar-refractivity contribution in [3.8, 4) is 0 Å². The van der Waals surface area contributed by atoms with Crippen LogP contribution in [0.3, 0.4) is 0 Å². The Balaban J connectivity index is 1.68. The van der Waals surface area contributed by atoms with Crippen LogP contribution in [0.4, 0.5) is 0 Å². The van der Waals surface area contributed by atoms with Crippen LogP contribution in [0.15, 0.2) is 30.3 Å². The zero-order valence-electron chi connectivity index (χ0n) is 14.1. The van der Waals surface area contributed by atoms with Crippen LogP contribution < -0.4 is 0 Å². The first kappa shape index (κ1) is 18.3. The van der Waals surface area contributed by atoms with E-state index >= 15 is 0 Å². The fraction of sp³-hybridized carbons (Fsp3) is 0.562. The van der Waals surface area contributed by atoms with Gasteiger partial charge in [0.25, 0.3) is 10.1 Å². The summed E-state index contributed by atoms with van der Waals surface area (Å²) < 4.78 is 50.4. The molecule has 0 bridgehead atoms. The van der Waals surface area contributed by atoms with E-state index in [4.69, 9.17) is 23.1 Å². The smallest absolute Gasteiger partial charge is 0.338 e. The maximum absolute atomic E-state index is 12.0. The van der Waals surface area contributed by atoms with Crippen LogP contribution in [0.1, 0.15) is 24.2 Å². The lowest BCUT2D eigenvalue weighted by atomic mass is 10.1. The summed E-state index contributed by atoms with van der Waals surface area (Å²) in [5.41, 5.74) is 0.384. The molecule has 4 unspecified atom stereocenters. The van der Waals surface area contributed by atoms with E-state index in [9.17, 15) is 13.2 Å². The Labute approximate surface area is 146 Å². The Morgan fingerprint density at radius 1 is 1.20 bits per heavy atom. The molecule has 8 nitrogen and oxygen atoms in total. The van der Waals surface area contributed by atoms with Gasteiger partial charge in [-0.25, -0.2) is 4.79 Å². The molecule has 1 aromatic rings. The highest BCUT2D eigenvalue weighted by Gasteiger charge is 2.56. The van der Waals surface area contributed by atoms with Crippen LogP contribution in [0.5, 0.6) is 0 Å². The molecule has 1 aromatic carbocycles. The van der Waals surface area contributed by atoms with Gasteiger partial charge in [-0.3, -0.25) is 4.18 Å². The average Bonchev–Trinajstić information content (AvgIpc) is 2.97. The Hall–Kier alpha value is -1.52. The topological polar surface area (TPSA) is 97.4 Å². The number of ether oxygens (including phenoxy) is 4. The van der Waals surface area contributed by atoms with Crippen molar-refractivity contribution in [3.63, 3.8) is 0 Å². The van der Waals surface area contributed by atoms with Crippen molar-refractivity contribution in [3.05, 3.63) is 35.9 Å². The van der Waals surface area contributed by atoms with Crippen LogP contribution >= 0.6 is 0 Å². The third kappa shape index (κ3) is 4.36. The van der Waals surface area contributed by atoms with Crippen LogP contribution in [-0.2, 0) is 33.2 Å². The number of carbonyl (C=O) groups is 1. The molecule has 138 valence electrons. The largest absolute Gasteiger partial charge is 0.459 e. The fourth-order valence-electron chi connectivity index (χ4n) is 2.81. The lowest BCUT2D eigenvalue weighted by Crippen LogP contribution is -2.40.